The van der Waals surface area contributed by atoms with Crippen LogP contribution in [0.1, 0.15) is 29.4 Å². The zero-order chi connectivity index (χ0) is 20.5. The third kappa shape index (κ3) is 3.96. The lowest BCUT2D eigenvalue weighted by atomic mass is 10.2. The topological polar surface area (TPSA) is 92.0 Å². The van der Waals surface area contributed by atoms with Gasteiger partial charge < -0.3 is 9.47 Å². The maximum Gasteiger partial charge on any atom is 0.269 e. The van der Waals surface area contributed by atoms with Crippen molar-refractivity contribution in [2.24, 2.45) is 13.0 Å². The molecule has 1 fully saturated rings. The number of pyridine rings is 1. The number of nitrogens with zero attached hydrogens (tertiary/aromatic N) is 5. The number of hydrogen-bond donors (Lipinski definition) is 0. The van der Waals surface area contributed by atoms with Gasteiger partial charge in [0, 0.05) is 36.3 Å². The van der Waals surface area contributed by atoms with Crippen LogP contribution in [-0.4, -0.2) is 38.4 Å². The molecule has 0 bridgehead atoms. The zero-order valence-electron chi connectivity index (χ0n) is 16.9. The van der Waals surface area contributed by atoms with Crippen LogP contribution in [0.25, 0.3) is 11.3 Å². The highest BCUT2D eigenvalue weighted by Crippen LogP contribution is 2.47. The van der Waals surface area contributed by atoms with Gasteiger partial charge in [0.1, 0.15) is 11.6 Å². The number of ether oxygens (including phenoxy) is 2. The molecule has 4 rings (SSSR count). The standard InChI is InChI=1S/C21H23N5O3/c1-12-7-19(25-26(3)21(12)27)17-10-22-13(2)24-20(17)29-11-14-8-16(14)18-6-5-15(28-4)9-23-18/h5-7,9-10,14,16H,8,11H2,1-4H3/t14-,16+/m1/s1. The largest absolute Gasteiger partial charge is 0.495 e. The Morgan fingerprint density at radius 3 is 2.72 bits per heavy atom. The fourth-order valence-electron chi connectivity index (χ4n) is 3.34. The Hall–Kier alpha value is -3.29. The molecule has 150 valence electrons. The van der Waals surface area contributed by atoms with Gasteiger partial charge >= 0.3 is 0 Å². The third-order valence-corrected chi connectivity index (χ3v) is 5.12. The molecule has 0 saturated heterocycles. The second kappa shape index (κ2) is 7.62. The number of methoxy groups -OCH3 is 1. The summed E-state index contributed by atoms with van der Waals surface area (Å²) in [7, 11) is 3.26. The van der Waals surface area contributed by atoms with Crippen molar-refractivity contribution in [2.75, 3.05) is 13.7 Å². The Kier molecular flexibility index (Phi) is 5.00. The molecule has 1 aliphatic rings. The second-order valence-corrected chi connectivity index (χ2v) is 7.31. The summed E-state index contributed by atoms with van der Waals surface area (Å²) in [5.41, 5.74) is 2.82. The van der Waals surface area contributed by atoms with E-state index in [0.717, 1.165) is 17.9 Å². The van der Waals surface area contributed by atoms with Crippen molar-refractivity contribution in [3.63, 3.8) is 0 Å². The molecule has 0 aliphatic heterocycles. The summed E-state index contributed by atoms with van der Waals surface area (Å²) in [6.07, 6.45) is 4.46. The lowest BCUT2D eigenvalue weighted by Gasteiger charge is -2.11. The van der Waals surface area contributed by atoms with Gasteiger partial charge in [-0.3, -0.25) is 9.78 Å². The Morgan fingerprint density at radius 2 is 2.03 bits per heavy atom. The predicted octanol–water partition coefficient (Wildman–Crippen LogP) is 2.44. The monoisotopic (exact) mass is 393 g/mol. The average molecular weight is 393 g/mol. The molecule has 3 aromatic heterocycles. The van der Waals surface area contributed by atoms with E-state index in [-0.39, 0.29) is 5.56 Å². The van der Waals surface area contributed by atoms with Gasteiger partial charge in [0.05, 0.1) is 31.2 Å². The van der Waals surface area contributed by atoms with Gasteiger partial charge in [-0.05, 0) is 38.5 Å². The lowest BCUT2D eigenvalue weighted by Crippen LogP contribution is -2.22. The minimum Gasteiger partial charge on any atom is -0.495 e. The first-order valence-electron chi connectivity index (χ1n) is 9.48. The van der Waals surface area contributed by atoms with E-state index < -0.39 is 0 Å². The molecule has 29 heavy (non-hydrogen) atoms. The molecule has 1 saturated carbocycles. The Morgan fingerprint density at radius 1 is 1.21 bits per heavy atom. The van der Waals surface area contributed by atoms with Crippen molar-refractivity contribution < 1.29 is 9.47 Å². The number of aromatic nitrogens is 5. The zero-order valence-corrected chi connectivity index (χ0v) is 16.9. The quantitative estimate of drug-likeness (QED) is 0.635. The van der Waals surface area contributed by atoms with Gasteiger partial charge in [0.25, 0.3) is 5.56 Å². The first-order valence-corrected chi connectivity index (χ1v) is 9.48. The van der Waals surface area contributed by atoms with Crippen molar-refractivity contribution in [2.45, 2.75) is 26.2 Å². The fraction of sp³-hybridized carbons (Fsp3) is 0.381. The predicted molar refractivity (Wildman–Crippen MR) is 107 cm³/mol. The smallest absolute Gasteiger partial charge is 0.269 e. The van der Waals surface area contributed by atoms with E-state index in [9.17, 15) is 4.79 Å². The SMILES string of the molecule is COc1ccc([C@H]2C[C@@H]2COc2nc(C)ncc2-c2cc(C)c(=O)n(C)n2)nc1. The summed E-state index contributed by atoms with van der Waals surface area (Å²) < 4.78 is 12.6. The summed E-state index contributed by atoms with van der Waals surface area (Å²) in [6.45, 7) is 4.11. The van der Waals surface area contributed by atoms with Gasteiger partial charge in [-0.25, -0.2) is 9.67 Å². The third-order valence-electron chi connectivity index (χ3n) is 5.12. The molecule has 8 nitrogen and oxygen atoms in total. The molecular formula is C21H23N5O3. The van der Waals surface area contributed by atoms with Crippen LogP contribution in [0.15, 0.2) is 35.4 Å². The maximum absolute atomic E-state index is 11.9. The van der Waals surface area contributed by atoms with E-state index in [4.69, 9.17) is 9.47 Å². The van der Waals surface area contributed by atoms with Crippen LogP contribution in [-0.2, 0) is 7.05 Å². The van der Waals surface area contributed by atoms with Gasteiger partial charge in [0.2, 0.25) is 5.88 Å². The molecule has 3 heterocycles. The number of hydrogen-bond acceptors (Lipinski definition) is 7. The highest BCUT2D eigenvalue weighted by atomic mass is 16.5. The summed E-state index contributed by atoms with van der Waals surface area (Å²) >= 11 is 0. The van der Waals surface area contributed by atoms with Crippen LogP contribution in [0.4, 0.5) is 0 Å². The maximum atomic E-state index is 11.9. The van der Waals surface area contributed by atoms with E-state index in [2.05, 4.69) is 20.1 Å². The molecule has 8 heteroatoms. The first-order chi connectivity index (χ1) is 14.0. The minimum absolute atomic E-state index is 0.128. The van der Waals surface area contributed by atoms with Crippen LogP contribution < -0.4 is 15.0 Å². The van der Waals surface area contributed by atoms with Crippen molar-refractivity contribution in [3.05, 3.63) is 58.0 Å². The molecule has 0 unspecified atom stereocenters. The summed E-state index contributed by atoms with van der Waals surface area (Å²) in [5.74, 6) is 2.62. The summed E-state index contributed by atoms with van der Waals surface area (Å²) in [4.78, 5) is 25.2. The van der Waals surface area contributed by atoms with Crippen molar-refractivity contribution in [3.8, 4) is 22.9 Å². The Balaban J connectivity index is 1.51. The highest BCUT2D eigenvalue weighted by molar-refractivity contribution is 5.63. The molecule has 1 aliphatic carbocycles. The number of rotatable bonds is 6. The van der Waals surface area contributed by atoms with Gasteiger partial charge in [-0.15, -0.1) is 0 Å². The Labute approximate surface area is 168 Å². The lowest BCUT2D eigenvalue weighted by molar-refractivity contribution is 0.285. The summed E-state index contributed by atoms with van der Waals surface area (Å²) in [5, 5.41) is 4.34. The Bertz CT molecular complexity index is 1070. The van der Waals surface area contributed by atoms with Crippen molar-refractivity contribution in [1.29, 1.82) is 0 Å². The fourth-order valence-corrected chi connectivity index (χ4v) is 3.34. The molecule has 0 N–H and O–H groups in total. The molecule has 0 spiro atoms. The molecule has 2 atom stereocenters. The van der Waals surface area contributed by atoms with E-state index in [0.29, 0.717) is 47.0 Å². The van der Waals surface area contributed by atoms with Gasteiger partial charge in [0.15, 0.2) is 0 Å². The van der Waals surface area contributed by atoms with E-state index in [1.165, 1.54) is 4.68 Å². The summed E-state index contributed by atoms with van der Waals surface area (Å²) in [6, 6.07) is 5.67. The van der Waals surface area contributed by atoms with Crippen LogP contribution in [0.3, 0.4) is 0 Å². The van der Waals surface area contributed by atoms with Gasteiger partial charge in [-0.2, -0.15) is 10.1 Å². The van der Waals surface area contributed by atoms with Crippen LogP contribution in [0.2, 0.25) is 0 Å². The van der Waals surface area contributed by atoms with E-state index in [1.54, 1.807) is 39.5 Å². The molecule has 3 aromatic rings. The van der Waals surface area contributed by atoms with E-state index in [1.807, 2.05) is 19.1 Å². The van der Waals surface area contributed by atoms with Gasteiger partial charge in [-0.1, -0.05) is 0 Å². The molecule has 0 amide bonds. The molecular weight excluding hydrogens is 370 g/mol. The van der Waals surface area contributed by atoms with E-state index >= 15 is 0 Å². The molecule has 0 radical (unpaired) electrons. The second-order valence-electron chi connectivity index (χ2n) is 7.31. The number of aryl methyl sites for hydroxylation is 3. The van der Waals surface area contributed by atoms with Crippen molar-refractivity contribution in [1.82, 2.24) is 24.7 Å². The normalized spacial score (nSPS) is 17.8. The molecule has 0 aromatic carbocycles. The van der Waals surface area contributed by atoms with Crippen LogP contribution in [0.5, 0.6) is 11.6 Å². The average Bonchev–Trinajstić information content (AvgIpc) is 3.50. The minimum atomic E-state index is -0.128. The van der Waals surface area contributed by atoms with Crippen LogP contribution >= 0.6 is 0 Å². The first kappa shape index (κ1) is 19.0. The highest BCUT2D eigenvalue weighted by Gasteiger charge is 2.40. The van der Waals surface area contributed by atoms with Crippen LogP contribution in [0, 0.1) is 19.8 Å². The van der Waals surface area contributed by atoms with Crippen molar-refractivity contribution >= 4 is 0 Å².